The molecule has 0 unspecified atom stereocenters. The summed E-state index contributed by atoms with van der Waals surface area (Å²) in [6.07, 6.45) is 0. The summed E-state index contributed by atoms with van der Waals surface area (Å²) in [5, 5.41) is 2.87. The van der Waals surface area contributed by atoms with Crippen molar-refractivity contribution < 1.29 is 8.78 Å². The van der Waals surface area contributed by atoms with Gasteiger partial charge < -0.3 is 5.32 Å². The van der Waals surface area contributed by atoms with Gasteiger partial charge in [-0.25, -0.2) is 0 Å². The fraction of sp³-hybridized carbons (Fsp3) is 0.375. The van der Waals surface area contributed by atoms with Crippen LogP contribution in [0.4, 0.5) is 8.78 Å². The zero-order chi connectivity index (χ0) is 9.14. The summed E-state index contributed by atoms with van der Waals surface area (Å²) in [6, 6.07) is 2.35. The number of halogens is 2. The molecule has 12 heavy (non-hydrogen) atoms. The molecule has 0 aromatic carbocycles. The molecule has 66 valence electrons. The summed E-state index contributed by atoms with van der Waals surface area (Å²) in [6.45, 7) is 1.81. The van der Waals surface area contributed by atoms with Gasteiger partial charge in [0.05, 0.1) is 0 Å². The molecule has 0 amide bonds. The van der Waals surface area contributed by atoms with Crippen LogP contribution in [0.1, 0.15) is 18.5 Å². The van der Waals surface area contributed by atoms with E-state index < -0.39 is 11.9 Å². The maximum absolute atomic E-state index is 12.5. The first kappa shape index (κ1) is 9.06. The standard InChI is InChI=1S/C8H10F2N2/c1-5(11-2)6-3-7(9)12-8(10)4-6/h3-5,11H,1-2H3/t5-/m0/s1. The third-order valence-corrected chi connectivity index (χ3v) is 1.72. The van der Waals surface area contributed by atoms with Gasteiger partial charge in [-0.05, 0) is 31.7 Å². The first-order chi connectivity index (χ1) is 5.63. The molecule has 0 aliphatic carbocycles. The Hall–Kier alpha value is -1.03. The minimum atomic E-state index is -0.785. The van der Waals surface area contributed by atoms with Crippen LogP contribution in [0.15, 0.2) is 12.1 Å². The van der Waals surface area contributed by atoms with Crippen LogP contribution in [0.2, 0.25) is 0 Å². The molecular formula is C8H10F2N2. The molecule has 0 bridgehead atoms. The molecular weight excluding hydrogens is 162 g/mol. The number of nitrogens with one attached hydrogen (secondary N) is 1. The molecule has 0 aliphatic rings. The number of hydrogen-bond acceptors (Lipinski definition) is 2. The third-order valence-electron chi connectivity index (χ3n) is 1.72. The van der Waals surface area contributed by atoms with Gasteiger partial charge in [-0.2, -0.15) is 13.8 Å². The largest absolute Gasteiger partial charge is 0.313 e. The molecule has 0 saturated carbocycles. The minimum absolute atomic E-state index is 0.0722. The number of nitrogens with zero attached hydrogens (tertiary/aromatic N) is 1. The summed E-state index contributed by atoms with van der Waals surface area (Å²) >= 11 is 0. The van der Waals surface area contributed by atoms with Crippen molar-refractivity contribution in [2.24, 2.45) is 0 Å². The zero-order valence-corrected chi connectivity index (χ0v) is 6.94. The first-order valence-corrected chi connectivity index (χ1v) is 3.63. The molecule has 1 heterocycles. The Morgan fingerprint density at radius 1 is 1.33 bits per heavy atom. The molecule has 1 N–H and O–H groups in total. The van der Waals surface area contributed by atoms with E-state index in [2.05, 4.69) is 10.3 Å². The molecule has 1 aromatic rings. The van der Waals surface area contributed by atoms with Gasteiger partial charge in [-0.1, -0.05) is 0 Å². The van der Waals surface area contributed by atoms with Gasteiger partial charge in [-0.3, -0.25) is 0 Å². The number of pyridine rings is 1. The van der Waals surface area contributed by atoms with Crippen LogP contribution >= 0.6 is 0 Å². The topological polar surface area (TPSA) is 24.9 Å². The highest BCUT2D eigenvalue weighted by Gasteiger charge is 2.06. The van der Waals surface area contributed by atoms with Crippen molar-refractivity contribution in [1.29, 1.82) is 0 Å². The Morgan fingerprint density at radius 2 is 1.83 bits per heavy atom. The zero-order valence-electron chi connectivity index (χ0n) is 6.94. The minimum Gasteiger partial charge on any atom is -0.313 e. The molecule has 1 rings (SSSR count). The second-order valence-corrected chi connectivity index (χ2v) is 2.56. The van der Waals surface area contributed by atoms with Crippen molar-refractivity contribution in [2.75, 3.05) is 7.05 Å². The average molecular weight is 172 g/mol. The van der Waals surface area contributed by atoms with Crippen LogP contribution in [0.5, 0.6) is 0 Å². The van der Waals surface area contributed by atoms with Crippen molar-refractivity contribution >= 4 is 0 Å². The first-order valence-electron chi connectivity index (χ1n) is 3.63. The molecule has 0 saturated heterocycles. The lowest BCUT2D eigenvalue weighted by Gasteiger charge is -2.09. The molecule has 1 aromatic heterocycles. The summed E-state index contributed by atoms with van der Waals surface area (Å²) in [7, 11) is 1.72. The van der Waals surface area contributed by atoms with Gasteiger partial charge in [0, 0.05) is 6.04 Å². The smallest absolute Gasteiger partial charge is 0.215 e. The van der Waals surface area contributed by atoms with Crippen LogP contribution in [-0.2, 0) is 0 Å². The molecule has 4 heteroatoms. The van der Waals surface area contributed by atoms with E-state index in [0.717, 1.165) is 0 Å². The average Bonchev–Trinajstić information content (AvgIpc) is 2.01. The van der Waals surface area contributed by atoms with Crippen molar-refractivity contribution in [1.82, 2.24) is 10.3 Å². The fourth-order valence-corrected chi connectivity index (χ4v) is 0.900. The predicted octanol–water partition coefficient (Wildman–Crippen LogP) is 1.64. The number of aromatic nitrogens is 1. The van der Waals surface area contributed by atoms with Crippen LogP contribution in [0.25, 0.3) is 0 Å². The van der Waals surface area contributed by atoms with Gasteiger partial charge in [0.15, 0.2) is 0 Å². The van der Waals surface area contributed by atoms with Crippen LogP contribution in [0.3, 0.4) is 0 Å². The van der Waals surface area contributed by atoms with E-state index in [9.17, 15) is 8.78 Å². The summed E-state index contributed by atoms with van der Waals surface area (Å²) < 4.78 is 25.1. The van der Waals surface area contributed by atoms with Gasteiger partial charge in [0.25, 0.3) is 0 Å². The molecule has 0 spiro atoms. The lowest BCUT2D eigenvalue weighted by molar-refractivity contribution is 0.503. The third kappa shape index (κ3) is 1.98. The molecule has 0 fully saturated rings. The van der Waals surface area contributed by atoms with E-state index in [1.165, 1.54) is 12.1 Å². The monoisotopic (exact) mass is 172 g/mol. The summed E-state index contributed by atoms with van der Waals surface area (Å²) in [5.74, 6) is -1.57. The lowest BCUT2D eigenvalue weighted by atomic mass is 10.1. The molecule has 1 atom stereocenters. The maximum Gasteiger partial charge on any atom is 0.215 e. The lowest BCUT2D eigenvalue weighted by Crippen LogP contribution is -2.13. The van der Waals surface area contributed by atoms with Crippen molar-refractivity contribution in [3.63, 3.8) is 0 Å². The van der Waals surface area contributed by atoms with E-state index in [0.29, 0.717) is 5.56 Å². The molecule has 0 aliphatic heterocycles. The Bertz CT molecular complexity index is 256. The van der Waals surface area contributed by atoms with E-state index in [1.54, 1.807) is 7.05 Å². The highest BCUT2D eigenvalue weighted by Crippen LogP contribution is 2.12. The quantitative estimate of drug-likeness (QED) is 0.686. The summed E-state index contributed by atoms with van der Waals surface area (Å²) in [5.41, 5.74) is 0.558. The maximum atomic E-state index is 12.5. The van der Waals surface area contributed by atoms with Crippen molar-refractivity contribution in [2.45, 2.75) is 13.0 Å². The van der Waals surface area contributed by atoms with Crippen molar-refractivity contribution in [3.05, 3.63) is 29.6 Å². The van der Waals surface area contributed by atoms with Crippen LogP contribution < -0.4 is 5.32 Å². The van der Waals surface area contributed by atoms with E-state index in [4.69, 9.17) is 0 Å². The Morgan fingerprint density at radius 3 is 2.25 bits per heavy atom. The SMILES string of the molecule is CN[C@@H](C)c1cc(F)nc(F)c1. The Labute approximate surface area is 69.6 Å². The van der Waals surface area contributed by atoms with Gasteiger partial charge >= 0.3 is 0 Å². The second-order valence-electron chi connectivity index (χ2n) is 2.56. The predicted molar refractivity (Wildman–Crippen MR) is 41.6 cm³/mol. The van der Waals surface area contributed by atoms with Gasteiger partial charge in [0.1, 0.15) is 0 Å². The fourth-order valence-electron chi connectivity index (χ4n) is 0.900. The Balaban J connectivity index is 3.00. The van der Waals surface area contributed by atoms with E-state index in [-0.39, 0.29) is 6.04 Å². The van der Waals surface area contributed by atoms with E-state index >= 15 is 0 Å². The van der Waals surface area contributed by atoms with Gasteiger partial charge in [0.2, 0.25) is 11.9 Å². The number of rotatable bonds is 2. The Kier molecular flexibility index (Phi) is 2.70. The van der Waals surface area contributed by atoms with Crippen LogP contribution in [-0.4, -0.2) is 12.0 Å². The number of hydrogen-bond donors (Lipinski definition) is 1. The molecule has 0 radical (unpaired) electrons. The summed E-state index contributed by atoms with van der Waals surface area (Å²) in [4.78, 5) is 2.99. The van der Waals surface area contributed by atoms with E-state index in [1.807, 2.05) is 6.92 Å². The second kappa shape index (κ2) is 3.58. The van der Waals surface area contributed by atoms with Crippen LogP contribution in [0, 0.1) is 11.9 Å². The van der Waals surface area contributed by atoms with Crippen molar-refractivity contribution in [3.8, 4) is 0 Å². The van der Waals surface area contributed by atoms with Gasteiger partial charge in [-0.15, -0.1) is 0 Å². The normalized spacial score (nSPS) is 13.0. The molecule has 2 nitrogen and oxygen atoms in total. The highest BCUT2D eigenvalue weighted by atomic mass is 19.1. The highest BCUT2D eigenvalue weighted by molar-refractivity contribution is 5.15.